The lowest BCUT2D eigenvalue weighted by Gasteiger charge is -2.17. The van der Waals surface area contributed by atoms with Crippen LogP contribution in [-0.4, -0.2) is 33.4 Å². The molecule has 0 saturated carbocycles. The van der Waals surface area contributed by atoms with Gasteiger partial charge in [-0.05, 0) is 30.5 Å². The Labute approximate surface area is 144 Å². The third-order valence-electron chi connectivity index (χ3n) is 3.22. The molecule has 0 saturated heterocycles. The number of sulfone groups is 1. The van der Waals surface area contributed by atoms with Crippen molar-refractivity contribution in [2.45, 2.75) is 17.1 Å². The highest BCUT2D eigenvalue weighted by Crippen LogP contribution is 2.31. The molecule has 1 heterocycles. The minimum absolute atomic E-state index is 0.0723. The van der Waals surface area contributed by atoms with Crippen LogP contribution in [0, 0.1) is 0 Å². The summed E-state index contributed by atoms with van der Waals surface area (Å²) < 4.78 is 30.4. The summed E-state index contributed by atoms with van der Waals surface area (Å²) in [6.45, 7) is 1.44. The van der Waals surface area contributed by atoms with Gasteiger partial charge < -0.3 is 10.1 Å². The number of nitrogens with one attached hydrogen (secondary N) is 1. The lowest BCUT2D eigenvalue weighted by atomic mass is 10.3. The molecule has 6 nitrogen and oxygen atoms in total. The molecule has 0 aliphatic rings. The zero-order chi connectivity index (χ0) is 17.6. The van der Waals surface area contributed by atoms with Crippen LogP contribution >= 0.6 is 11.3 Å². The van der Waals surface area contributed by atoms with Crippen molar-refractivity contribution >= 4 is 33.1 Å². The number of carbonyl (C=O) groups is 2. The van der Waals surface area contributed by atoms with Crippen LogP contribution in [0.5, 0.6) is 0 Å². The molecule has 0 spiro atoms. The van der Waals surface area contributed by atoms with Crippen molar-refractivity contribution in [3.63, 3.8) is 0 Å². The monoisotopic (exact) mass is 367 g/mol. The van der Waals surface area contributed by atoms with Gasteiger partial charge in [-0.25, -0.2) is 13.2 Å². The van der Waals surface area contributed by atoms with E-state index in [1.165, 1.54) is 23.5 Å². The molecule has 1 unspecified atom stereocenters. The molecular formula is C16H17NO5S2. The highest BCUT2D eigenvalue weighted by molar-refractivity contribution is 7.91. The van der Waals surface area contributed by atoms with Gasteiger partial charge in [0.2, 0.25) is 0 Å². The predicted molar refractivity (Wildman–Crippen MR) is 90.3 cm³/mol. The van der Waals surface area contributed by atoms with Crippen LogP contribution in [0.3, 0.4) is 0 Å². The Kier molecular flexibility index (Phi) is 6.10. The highest BCUT2D eigenvalue weighted by atomic mass is 32.2. The van der Waals surface area contributed by atoms with Crippen molar-refractivity contribution in [1.82, 2.24) is 5.32 Å². The second kappa shape index (κ2) is 8.07. The molecule has 1 aromatic carbocycles. The quantitative estimate of drug-likeness (QED) is 0.622. The van der Waals surface area contributed by atoms with E-state index in [1.54, 1.807) is 42.6 Å². The van der Waals surface area contributed by atoms with Crippen LogP contribution < -0.4 is 5.32 Å². The smallest absolute Gasteiger partial charge is 0.396 e. The summed E-state index contributed by atoms with van der Waals surface area (Å²) in [4.78, 5) is 23.8. The normalized spacial score (nSPS) is 12.4. The maximum absolute atomic E-state index is 12.9. The lowest BCUT2D eigenvalue weighted by Crippen LogP contribution is -2.37. The summed E-state index contributed by atoms with van der Waals surface area (Å²) in [7, 11) is -3.71. The van der Waals surface area contributed by atoms with Gasteiger partial charge in [-0.15, -0.1) is 11.3 Å². The topological polar surface area (TPSA) is 89.5 Å². The standard InChI is InChI=1S/C16H17NO5S2/c1-2-22-16(19)15(18)17-11-14(13-9-6-10-23-13)24(20,21)12-7-4-3-5-8-12/h3-10,14H,2,11H2,1H3,(H,17,18). The Morgan fingerprint density at radius 2 is 1.88 bits per heavy atom. The Morgan fingerprint density at radius 3 is 2.46 bits per heavy atom. The zero-order valence-corrected chi connectivity index (χ0v) is 14.6. The van der Waals surface area contributed by atoms with Gasteiger partial charge in [0, 0.05) is 11.4 Å². The van der Waals surface area contributed by atoms with E-state index in [0.29, 0.717) is 4.88 Å². The molecule has 1 aromatic heterocycles. The second-order valence-corrected chi connectivity index (χ2v) is 7.90. The summed E-state index contributed by atoms with van der Waals surface area (Å²) in [5, 5.41) is 3.13. The number of hydrogen-bond donors (Lipinski definition) is 1. The third-order valence-corrected chi connectivity index (χ3v) is 6.45. The van der Waals surface area contributed by atoms with Crippen molar-refractivity contribution in [3.8, 4) is 0 Å². The van der Waals surface area contributed by atoms with Gasteiger partial charge in [0.05, 0.1) is 11.5 Å². The van der Waals surface area contributed by atoms with Gasteiger partial charge in [-0.1, -0.05) is 24.3 Å². The molecule has 0 bridgehead atoms. The van der Waals surface area contributed by atoms with Crippen LogP contribution in [-0.2, 0) is 24.2 Å². The van der Waals surface area contributed by atoms with E-state index in [1.807, 2.05) is 0 Å². The summed E-state index contributed by atoms with van der Waals surface area (Å²) in [5.41, 5.74) is 0. The largest absolute Gasteiger partial charge is 0.459 e. The first kappa shape index (κ1) is 18.2. The van der Waals surface area contributed by atoms with E-state index >= 15 is 0 Å². The van der Waals surface area contributed by atoms with Gasteiger partial charge in [0.1, 0.15) is 5.25 Å². The molecule has 0 fully saturated rings. The van der Waals surface area contributed by atoms with Gasteiger partial charge in [0.15, 0.2) is 9.84 Å². The van der Waals surface area contributed by atoms with E-state index in [9.17, 15) is 18.0 Å². The average molecular weight is 367 g/mol. The molecule has 1 N–H and O–H groups in total. The molecular weight excluding hydrogens is 350 g/mol. The average Bonchev–Trinajstić information content (AvgIpc) is 3.10. The minimum Gasteiger partial charge on any atom is -0.459 e. The van der Waals surface area contributed by atoms with Gasteiger partial charge >= 0.3 is 11.9 Å². The molecule has 24 heavy (non-hydrogen) atoms. The third kappa shape index (κ3) is 4.21. The van der Waals surface area contributed by atoms with Gasteiger partial charge in [0.25, 0.3) is 0 Å². The van der Waals surface area contributed by atoms with Crippen molar-refractivity contribution in [3.05, 3.63) is 52.7 Å². The minimum atomic E-state index is -3.71. The van der Waals surface area contributed by atoms with Crippen molar-refractivity contribution in [1.29, 1.82) is 0 Å². The summed E-state index contributed by atoms with van der Waals surface area (Å²) in [6.07, 6.45) is 0. The van der Waals surface area contributed by atoms with Crippen LogP contribution in [0.25, 0.3) is 0 Å². The number of benzene rings is 1. The fourth-order valence-electron chi connectivity index (χ4n) is 2.07. The summed E-state index contributed by atoms with van der Waals surface area (Å²) >= 11 is 1.28. The first-order chi connectivity index (χ1) is 11.5. The summed E-state index contributed by atoms with van der Waals surface area (Å²) in [5.74, 6) is -1.98. The number of thiophene rings is 1. The maximum Gasteiger partial charge on any atom is 0.396 e. The second-order valence-electron chi connectivity index (χ2n) is 4.79. The molecule has 1 atom stereocenters. The number of amides is 1. The summed E-state index contributed by atoms with van der Waals surface area (Å²) in [6, 6.07) is 11.4. The molecule has 0 aliphatic heterocycles. The molecule has 2 rings (SSSR count). The number of ether oxygens (including phenoxy) is 1. The number of carbonyl (C=O) groups excluding carboxylic acids is 2. The SMILES string of the molecule is CCOC(=O)C(=O)NCC(c1cccs1)S(=O)(=O)c1ccccc1. The number of esters is 1. The Bertz CT molecular complexity index is 785. The lowest BCUT2D eigenvalue weighted by molar-refractivity contribution is -0.154. The van der Waals surface area contributed by atoms with E-state index < -0.39 is 27.0 Å². The van der Waals surface area contributed by atoms with E-state index in [0.717, 1.165) is 0 Å². The van der Waals surface area contributed by atoms with Crippen LogP contribution in [0.2, 0.25) is 0 Å². The van der Waals surface area contributed by atoms with Crippen LogP contribution in [0.4, 0.5) is 0 Å². The fraction of sp³-hybridized carbons (Fsp3) is 0.250. The van der Waals surface area contributed by atoms with Gasteiger partial charge in [-0.3, -0.25) is 4.79 Å². The molecule has 8 heteroatoms. The molecule has 0 radical (unpaired) electrons. The molecule has 0 aliphatic carbocycles. The maximum atomic E-state index is 12.9. The molecule has 2 aromatic rings. The van der Waals surface area contributed by atoms with Crippen molar-refractivity contribution in [2.24, 2.45) is 0 Å². The van der Waals surface area contributed by atoms with Gasteiger partial charge in [-0.2, -0.15) is 0 Å². The van der Waals surface area contributed by atoms with Crippen molar-refractivity contribution < 1.29 is 22.7 Å². The predicted octanol–water partition coefficient (Wildman–Crippen LogP) is 1.94. The Balaban J connectivity index is 2.24. The number of hydrogen-bond acceptors (Lipinski definition) is 6. The molecule has 1 amide bonds. The Morgan fingerprint density at radius 1 is 1.17 bits per heavy atom. The highest BCUT2D eigenvalue weighted by Gasteiger charge is 2.31. The van der Waals surface area contributed by atoms with E-state index in [-0.39, 0.29) is 18.0 Å². The zero-order valence-electron chi connectivity index (χ0n) is 13.0. The van der Waals surface area contributed by atoms with E-state index in [2.05, 4.69) is 10.1 Å². The van der Waals surface area contributed by atoms with Crippen LogP contribution in [0.15, 0.2) is 52.7 Å². The van der Waals surface area contributed by atoms with Crippen molar-refractivity contribution in [2.75, 3.05) is 13.2 Å². The Hall–Kier alpha value is -2.19. The number of rotatable bonds is 6. The van der Waals surface area contributed by atoms with Crippen LogP contribution in [0.1, 0.15) is 17.1 Å². The first-order valence-corrected chi connectivity index (χ1v) is 9.66. The molecule has 128 valence electrons. The van der Waals surface area contributed by atoms with E-state index in [4.69, 9.17) is 0 Å². The fourth-order valence-corrected chi connectivity index (χ4v) is 4.87. The first-order valence-electron chi connectivity index (χ1n) is 7.24.